The third-order valence-corrected chi connectivity index (χ3v) is 5.68. The fourth-order valence-electron chi connectivity index (χ4n) is 2.17. The number of nitrogens with one attached hydrogen (secondary N) is 2. The monoisotopic (exact) mass is 376 g/mol. The van der Waals surface area contributed by atoms with Gasteiger partial charge >= 0.3 is 6.18 Å². The molecule has 1 aliphatic rings. The first-order valence-electron chi connectivity index (χ1n) is 7.32. The number of rotatable bonds is 5. The second-order valence-electron chi connectivity index (χ2n) is 5.57. The van der Waals surface area contributed by atoms with Gasteiger partial charge in [0.05, 0.1) is 22.8 Å². The highest BCUT2D eigenvalue weighted by Crippen LogP contribution is 2.34. The maximum Gasteiger partial charge on any atom is 0.421 e. The number of aromatic nitrogens is 4. The van der Waals surface area contributed by atoms with Crippen LogP contribution in [0, 0.1) is 6.92 Å². The van der Waals surface area contributed by atoms with Crippen LogP contribution in [-0.2, 0) is 16.2 Å². The molecule has 1 saturated carbocycles. The molecule has 0 amide bonds. The number of anilines is 3. The van der Waals surface area contributed by atoms with E-state index in [1.165, 1.54) is 13.2 Å². The summed E-state index contributed by atoms with van der Waals surface area (Å²) in [5.41, 5.74) is -0.339. The van der Waals surface area contributed by atoms with Crippen LogP contribution in [0.3, 0.4) is 0 Å². The molecule has 2 aromatic heterocycles. The van der Waals surface area contributed by atoms with Gasteiger partial charge in [-0.15, -0.1) is 0 Å². The van der Waals surface area contributed by atoms with E-state index in [1.807, 2.05) is 0 Å². The molecular formula is C13H15F3N6O2S. The van der Waals surface area contributed by atoms with E-state index in [0.717, 1.165) is 4.09 Å². The largest absolute Gasteiger partial charge is 0.421 e. The lowest BCUT2D eigenvalue weighted by molar-refractivity contribution is -0.137. The van der Waals surface area contributed by atoms with E-state index >= 15 is 0 Å². The Balaban J connectivity index is 1.89. The Hall–Kier alpha value is -2.37. The lowest BCUT2D eigenvalue weighted by Gasteiger charge is -2.12. The number of hydrogen-bond acceptors (Lipinski definition) is 7. The van der Waals surface area contributed by atoms with Gasteiger partial charge in [-0.25, -0.2) is 13.4 Å². The van der Waals surface area contributed by atoms with E-state index in [4.69, 9.17) is 0 Å². The highest BCUT2D eigenvalue weighted by molar-refractivity contribution is 7.90. The summed E-state index contributed by atoms with van der Waals surface area (Å²) in [6.45, 7) is 1.57. The van der Waals surface area contributed by atoms with Gasteiger partial charge in [0.15, 0.2) is 0 Å². The Kier molecular flexibility index (Phi) is 4.09. The van der Waals surface area contributed by atoms with Crippen LogP contribution >= 0.6 is 0 Å². The minimum atomic E-state index is -4.59. The average Bonchev–Trinajstić information content (AvgIpc) is 3.32. The molecule has 0 saturated heterocycles. The molecule has 0 radical (unpaired) electrons. The van der Waals surface area contributed by atoms with Gasteiger partial charge in [0.2, 0.25) is 5.95 Å². The predicted octanol–water partition coefficient (Wildman–Crippen LogP) is 2.13. The van der Waals surface area contributed by atoms with E-state index in [2.05, 4.69) is 25.7 Å². The summed E-state index contributed by atoms with van der Waals surface area (Å²) in [6.07, 6.45) is -1.48. The molecule has 0 bridgehead atoms. The summed E-state index contributed by atoms with van der Waals surface area (Å²) in [7, 11) is -2.22. The Morgan fingerprint density at radius 1 is 1.32 bits per heavy atom. The predicted molar refractivity (Wildman–Crippen MR) is 84.2 cm³/mol. The Morgan fingerprint density at radius 2 is 2.00 bits per heavy atom. The molecule has 0 aromatic carbocycles. The molecule has 0 spiro atoms. The molecule has 8 nitrogen and oxygen atoms in total. The van der Waals surface area contributed by atoms with E-state index in [9.17, 15) is 21.6 Å². The van der Waals surface area contributed by atoms with Gasteiger partial charge in [0.25, 0.3) is 10.0 Å². The van der Waals surface area contributed by atoms with Crippen LogP contribution < -0.4 is 10.6 Å². The molecule has 0 aliphatic heterocycles. The molecule has 136 valence electrons. The van der Waals surface area contributed by atoms with Crippen molar-refractivity contribution in [1.82, 2.24) is 19.2 Å². The van der Waals surface area contributed by atoms with Crippen LogP contribution in [0.5, 0.6) is 0 Å². The topological polar surface area (TPSA) is 102 Å². The zero-order chi connectivity index (χ0) is 18.4. The lowest BCUT2D eigenvalue weighted by Crippen LogP contribution is -2.17. The summed E-state index contributed by atoms with van der Waals surface area (Å²) >= 11 is 0. The maximum atomic E-state index is 12.9. The molecule has 1 aliphatic carbocycles. The first-order valence-corrected chi connectivity index (χ1v) is 8.83. The quantitative estimate of drug-likeness (QED) is 0.824. The SMILES string of the molecule is CNc1nc(Nc2cn(S(=O)(=O)C3CC3)nc2C)ncc1C(F)(F)F. The summed E-state index contributed by atoms with van der Waals surface area (Å²) < 4.78 is 63.8. The molecule has 2 heterocycles. The number of hydrogen-bond donors (Lipinski definition) is 2. The number of aryl methyl sites for hydroxylation is 1. The highest BCUT2D eigenvalue weighted by atomic mass is 32.2. The fourth-order valence-corrected chi connectivity index (χ4v) is 3.69. The van der Waals surface area contributed by atoms with Gasteiger partial charge in [-0.1, -0.05) is 0 Å². The molecule has 25 heavy (non-hydrogen) atoms. The first kappa shape index (κ1) is 17.5. The zero-order valence-electron chi connectivity index (χ0n) is 13.3. The second kappa shape index (κ2) is 5.86. The van der Waals surface area contributed by atoms with Crippen LogP contribution in [0.15, 0.2) is 12.4 Å². The van der Waals surface area contributed by atoms with Crippen molar-refractivity contribution in [2.24, 2.45) is 0 Å². The van der Waals surface area contributed by atoms with Gasteiger partial charge in [-0.2, -0.15) is 27.3 Å². The molecular weight excluding hydrogens is 361 g/mol. The number of nitrogens with zero attached hydrogens (tertiary/aromatic N) is 4. The Morgan fingerprint density at radius 3 is 2.56 bits per heavy atom. The minimum Gasteiger partial charge on any atom is -0.372 e. The fraction of sp³-hybridized carbons (Fsp3) is 0.462. The zero-order valence-corrected chi connectivity index (χ0v) is 14.1. The van der Waals surface area contributed by atoms with Gasteiger partial charge < -0.3 is 10.6 Å². The van der Waals surface area contributed by atoms with Crippen molar-refractivity contribution in [1.29, 1.82) is 0 Å². The van der Waals surface area contributed by atoms with E-state index in [1.54, 1.807) is 6.92 Å². The molecule has 2 aromatic rings. The molecule has 2 N–H and O–H groups in total. The normalized spacial score (nSPS) is 15.2. The minimum absolute atomic E-state index is 0.108. The third-order valence-electron chi connectivity index (χ3n) is 3.66. The van der Waals surface area contributed by atoms with Gasteiger partial charge in [-0.05, 0) is 19.8 Å². The molecule has 1 fully saturated rings. The van der Waals surface area contributed by atoms with E-state index in [0.29, 0.717) is 30.4 Å². The molecule has 0 atom stereocenters. The smallest absolute Gasteiger partial charge is 0.372 e. The van der Waals surface area contributed by atoms with Crippen molar-refractivity contribution in [2.45, 2.75) is 31.2 Å². The van der Waals surface area contributed by atoms with Crippen molar-refractivity contribution in [3.8, 4) is 0 Å². The first-order chi connectivity index (χ1) is 11.6. The van der Waals surface area contributed by atoms with Crippen LogP contribution in [0.25, 0.3) is 0 Å². The van der Waals surface area contributed by atoms with Crippen LogP contribution in [-0.4, -0.2) is 39.9 Å². The second-order valence-corrected chi connectivity index (χ2v) is 7.64. The standard InChI is InChI=1S/C13H15F3N6O2S/c1-7-10(6-22(21-7)25(23,24)8-3-4-8)19-12-18-5-9(13(14,15)16)11(17-2)20-12/h5-6,8H,3-4H2,1-2H3,(H2,17,18,19,20). The maximum absolute atomic E-state index is 12.9. The molecule has 12 heteroatoms. The van der Waals surface area contributed by atoms with Gasteiger partial charge in [0, 0.05) is 13.2 Å². The van der Waals surface area contributed by atoms with Gasteiger partial charge in [-0.3, -0.25) is 0 Å². The lowest BCUT2D eigenvalue weighted by atomic mass is 10.3. The number of halogens is 3. The summed E-state index contributed by atoms with van der Waals surface area (Å²) in [5, 5.41) is 8.59. The third kappa shape index (κ3) is 3.38. The molecule has 0 unspecified atom stereocenters. The van der Waals surface area contributed by atoms with Crippen molar-refractivity contribution in [3.05, 3.63) is 23.7 Å². The van der Waals surface area contributed by atoms with Crippen molar-refractivity contribution in [3.63, 3.8) is 0 Å². The van der Waals surface area contributed by atoms with E-state index < -0.39 is 27.0 Å². The summed E-state index contributed by atoms with van der Waals surface area (Å²) in [4.78, 5) is 7.41. The summed E-state index contributed by atoms with van der Waals surface area (Å²) in [5.74, 6) is -0.496. The van der Waals surface area contributed by atoms with E-state index in [-0.39, 0.29) is 11.8 Å². The number of alkyl halides is 3. The Bertz CT molecular complexity index is 905. The van der Waals surface area contributed by atoms with Gasteiger partial charge in [0.1, 0.15) is 11.4 Å². The highest BCUT2D eigenvalue weighted by Gasteiger charge is 2.38. The Labute approximate surface area is 141 Å². The van der Waals surface area contributed by atoms with Crippen LogP contribution in [0.2, 0.25) is 0 Å². The van der Waals surface area contributed by atoms with Crippen molar-refractivity contribution in [2.75, 3.05) is 17.7 Å². The van der Waals surface area contributed by atoms with Crippen LogP contribution in [0.4, 0.5) is 30.6 Å². The van der Waals surface area contributed by atoms with Crippen molar-refractivity contribution >= 4 is 27.5 Å². The molecule has 3 rings (SSSR count). The van der Waals surface area contributed by atoms with Crippen LogP contribution in [0.1, 0.15) is 24.1 Å². The average molecular weight is 376 g/mol. The van der Waals surface area contributed by atoms with Crippen molar-refractivity contribution < 1.29 is 21.6 Å². The summed E-state index contributed by atoms with van der Waals surface area (Å²) in [6, 6.07) is 0.